The number of aliphatic hydroxyl groups excluding tert-OH is 1. The number of aliphatic hydroxyl groups is 1. The lowest BCUT2D eigenvalue weighted by atomic mass is 10.0. The van der Waals surface area contributed by atoms with Crippen LogP contribution in [0, 0.1) is 0 Å². The number of aromatic nitrogens is 1. The number of hydrogen-bond acceptors (Lipinski definition) is 4. The lowest BCUT2D eigenvalue weighted by molar-refractivity contribution is 0.174. The summed E-state index contributed by atoms with van der Waals surface area (Å²) in [6.07, 6.45) is 1.39. The third-order valence-electron chi connectivity index (χ3n) is 3.52. The molecule has 1 aromatic heterocycles. The Kier molecular flexibility index (Phi) is 4.01. The summed E-state index contributed by atoms with van der Waals surface area (Å²) in [4.78, 5) is 4.37. The third kappa shape index (κ3) is 2.76. The van der Waals surface area contributed by atoms with Crippen LogP contribution in [-0.4, -0.2) is 32.1 Å². The molecule has 2 aromatic rings. The van der Waals surface area contributed by atoms with E-state index in [0.717, 1.165) is 22.2 Å². The van der Waals surface area contributed by atoms with Gasteiger partial charge in [0.25, 0.3) is 0 Å². The second kappa shape index (κ2) is 5.73. The number of pyridine rings is 1. The van der Waals surface area contributed by atoms with Crippen molar-refractivity contribution in [2.24, 2.45) is 0 Å². The molecule has 100 valence electrons. The van der Waals surface area contributed by atoms with Crippen LogP contribution in [0.25, 0.3) is 10.9 Å². The molecule has 0 saturated carbocycles. The van der Waals surface area contributed by atoms with E-state index in [2.05, 4.69) is 11.9 Å². The van der Waals surface area contributed by atoms with Crippen molar-refractivity contribution in [2.45, 2.75) is 23.5 Å². The summed E-state index contributed by atoms with van der Waals surface area (Å²) in [5.74, 6) is 2.32. The highest BCUT2D eigenvalue weighted by Crippen LogP contribution is 2.38. The van der Waals surface area contributed by atoms with Crippen molar-refractivity contribution in [2.75, 3.05) is 11.5 Å². The van der Waals surface area contributed by atoms with Crippen LogP contribution in [0.2, 0.25) is 0 Å². The molecule has 0 radical (unpaired) electrons. The van der Waals surface area contributed by atoms with Gasteiger partial charge in [0.2, 0.25) is 0 Å². The lowest BCUT2D eigenvalue weighted by Crippen LogP contribution is -2.29. The lowest BCUT2D eigenvalue weighted by Gasteiger charge is -2.31. The van der Waals surface area contributed by atoms with Crippen molar-refractivity contribution in [3.05, 3.63) is 42.1 Å². The SMILES string of the molecule is CC1SCCSC1C(O)c1ccc2cccnc2c1. The van der Waals surface area contributed by atoms with Gasteiger partial charge in [-0.1, -0.05) is 25.1 Å². The Labute approximate surface area is 122 Å². The predicted octanol–water partition coefficient (Wildman–Crippen LogP) is 3.51. The van der Waals surface area contributed by atoms with Crippen molar-refractivity contribution < 1.29 is 5.11 Å². The molecule has 1 aliphatic heterocycles. The Morgan fingerprint density at radius 3 is 2.95 bits per heavy atom. The molecule has 0 spiro atoms. The number of thioether (sulfide) groups is 2. The van der Waals surface area contributed by atoms with Crippen molar-refractivity contribution in [3.63, 3.8) is 0 Å². The molecule has 1 saturated heterocycles. The molecule has 4 heteroatoms. The van der Waals surface area contributed by atoms with Gasteiger partial charge in [-0.15, -0.1) is 0 Å². The molecule has 1 N–H and O–H groups in total. The first kappa shape index (κ1) is 13.3. The highest BCUT2D eigenvalue weighted by Gasteiger charge is 2.30. The molecule has 0 aliphatic carbocycles. The van der Waals surface area contributed by atoms with E-state index in [1.165, 1.54) is 5.75 Å². The first-order chi connectivity index (χ1) is 9.25. The molecule has 1 aliphatic rings. The van der Waals surface area contributed by atoms with E-state index in [4.69, 9.17) is 0 Å². The van der Waals surface area contributed by atoms with E-state index >= 15 is 0 Å². The molecule has 1 aromatic carbocycles. The third-order valence-corrected chi connectivity index (χ3v) is 6.70. The van der Waals surface area contributed by atoms with Gasteiger partial charge >= 0.3 is 0 Å². The van der Waals surface area contributed by atoms with Gasteiger partial charge < -0.3 is 5.11 Å². The minimum atomic E-state index is -0.404. The minimum absolute atomic E-state index is 0.278. The van der Waals surface area contributed by atoms with Crippen molar-refractivity contribution in [1.29, 1.82) is 0 Å². The maximum absolute atomic E-state index is 10.6. The van der Waals surface area contributed by atoms with Crippen molar-refractivity contribution in [1.82, 2.24) is 4.98 Å². The van der Waals surface area contributed by atoms with Crippen LogP contribution < -0.4 is 0 Å². The molecular formula is C15H17NOS2. The topological polar surface area (TPSA) is 33.1 Å². The fourth-order valence-electron chi connectivity index (χ4n) is 2.45. The zero-order valence-corrected chi connectivity index (χ0v) is 12.5. The van der Waals surface area contributed by atoms with Gasteiger partial charge in [-0.05, 0) is 17.7 Å². The van der Waals surface area contributed by atoms with Gasteiger partial charge in [0, 0.05) is 33.6 Å². The molecule has 3 atom stereocenters. The Morgan fingerprint density at radius 1 is 1.26 bits per heavy atom. The van der Waals surface area contributed by atoms with Crippen LogP contribution in [0.5, 0.6) is 0 Å². The summed E-state index contributed by atoms with van der Waals surface area (Å²) >= 11 is 3.84. The van der Waals surface area contributed by atoms with Crippen molar-refractivity contribution >= 4 is 34.4 Å². The van der Waals surface area contributed by atoms with Gasteiger partial charge in [0.05, 0.1) is 11.6 Å². The maximum Gasteiger partial charge on any atom is 0.0919 e. The second-order valence-corrected chi connectivity index (χ2v) is 7.58. The van der Waals surface area contributed by atoms with Crippen LogP contribution in [-0.2, 0) is 0 Å². The highest BCUT2D eigenvalue weighted by atomic mass is 32.2. The molecule has 3 rings (SSSR count). The first-order valence-corrected chi connectivity index (χ1v) is 8.61. The Hall–Kier alpha value is -0.710. The van der Waals surface area contributed by atoms with E-state index < -0.39 is 6.10 Å². The molecule has 19 heavy (non-hydrogen) atoms. The number of benzene rings is 1. The summed E-state index contributed by atoms with van der Waals surface area (Å²) < 4.78 is 0. The summed E-state index contributed by atoms with van der Waals surface area (Å²) in [7, 11) is 0. The monoisotopic (exact) mass is 291 g/mol. The van der Waals surface area contributed by atoms with Crippen LogP contribution >= 0.6 is 23.5 Å². The van der Waals surface area contributed by atoms with Gasteiger partial charge in [-0.2, -0.15) is 23.5 Å². The number of hydrogen-bond donors (Lipinski definition) is 1. The van der Waals surface area contributed by atoms with Crippen molar-refractivity contribution in [3.8, 4) is 0 Å². The Bertz CT molecular complexity index is 575. The van der Waals surface area contributed by atoms with E-state index in [0.29, 0.717) is 5.25 Å². The molecular weight excluding hydrogens is 274 g/mol. The molecule has 2 heterocycles. The second-order valence-electron chi connectivity index (χ2n) is 4.81. The number of nitrogens with zero attached hydrogens (tertiary/aromatic N) is 1. The minimum Gasteiger partial charge on any atom is -0.387 e. The van der Waals surface area contributed by atoms with E-state index in [-0.39, 0.29) is 5.25 Å². The zero-order chi connectivity index (χ0) is 13.2. The van der Waals surface area contributed by atoms with Crippen LogP contribution in [0.15, 0.2) is 36.5 Å². The largest absolute Gasteiger partial charge is 0.387 e. The smallest absolute Gasteiger partial charge is 0.0919 e. The Morgan fingerprint density at radius 2 is 2.11 bits per heavy atom. The van der Waals surface area contributed by atoms with E-state index in [9.17, 15) is 5.11 Å². The Balaban J connectivity index is 1.90. The molecule has 3 unspecified atom stereocenters. The summed E-state index contributed by atoms with van der Waals surface area (Å²) in [6, 6.07) is 10.1. The summed E-state index contributed by atoms with van der Waals surface area (Å²) in [6.45, 7) is 2.21. The van der Waals surface area contributed by atoms with Gasteiger partial charge in [-0.3, -0.25) is 4.98 Å². The van der Waals surface area contributed by atoms with Gasteiger partial charge in [0.15, 0.2) is 0 Å². The van der Waals surface area contributed by atoms with Crippen LogP contribution in [0.4, 0.5) is 0 Å². The highest BCUT2D eigenvalue weighted by molar-refractivity contribution is 8.07. The average molecular weight is 291 g/mol. The predicted molar refractivity (Wildman–Crippen MR) is 84.9 cm³/mol. The standard InChI is InChI=1S/C15H17NOS2/c1-10-15(19-8-7-18-10)14(17)12-5-4-11-3-2-6-16-13(11)9-12/h2-6,9-10,14-15,17H,7-8H2,1H3. The van der Waals surface area contributed by atoms with Gasteiger partial charge in [0.1, 0.15) is 0 Å². The summed E-state index contributed by atoms with van der Waals surface area (Å²) in [5, 5.41) is 12.5. The van der Waals surface area contributed by atoms with Crippen LogP contribution in [0.1, 0.15) is 18.6 Å². The summed E-state index contributed by atoms with van der Waals surface area (Å²) in [5.41, 5.74) is 1.94. The molecule has 0 bridgehead atoms. The van der Waals surface area contributed by atoms with Gasteiger partial charge in [-0.25, -0.2) is 0 Å². The first-order valence-electron chi connectivity index (χ1n) is 6.51. The normalized spacial score (nSPS) is 25.4. The fraction of sp³-hybridized carbons (Fsp3) is 0.400. The number of rotatable bonds is 2. The van der Waals surface area contributed by atoms with E-state index in [1.54, 1.807) is 6.20 Å². The molecule has 0 amide bonds. The average Bonchev–Trinajstić information content (AvgIpc) is 2.46. The van der Waals surface area contributed by atoms with E-state index in [1.807, 2.05) is 53.9 Å². The number of fused-ring (bicyclic) bond motifs is 1. The zero-order valence-electron chi connectivity index (χ0n) is 10.8. The maximum atomic E-state index is 10.6. The molecule has 1 fully saturated rings. The quantitative estimate of drug-likeness (QED) is 0.918. The fourth-order valence-corrected chi connectivity index (χ4v) is 5.29. The molecule has 2 nitrogen and oxygen atoms in total. The van der Waals surface area contributed by atoms with Crippen LogP contribution in [0.3, 0.4) is 0 Å².